The van der Waals surface area contributed by atoms with Gasteiger partial charge in [0.2, 0.25) is 5.13 Å². The molecule has 17 heavy (non-hydrogen) atoms. The number of nitrogens with zero attached hydrogens (tertiary/aromatic N) is 2. The van der Waals surface area contributed by atoms with Crippen molar-refractivity contribution in [1.29, 1.82) is 0 Å². The molecule has 1 rings (SSSR count). The molecule has 0 bridgehead atoms. The van der Waals surface area contributed by atoms with Crippen molar-refractivity contribution in [2.75, 3.05) is 11.9 Å². The zero-order valence-corrected chi connectivity index (χ0v) is 12.1. The molecular formula is C12H23N3OS. The third kappa shape index (κ3) is 5.00. The molecule has 0 spiro atoms. The first-order valence-electron chi connectivity index (χ1n) is 6.05. The lowest BCUT2D eigenvalue weighted by atomic mass is 9.96. The van der Waals surface area contributed by atoms with Gasteiger partial charge in [0.15, 0.2) is 0 Å². The Bertz CT molecular complexity index is 344. The van der Waals surface area contributed by atoms with Crippen LogP contribution in [0.3, 0.4) is 0 Å². The number of rotatable bonds is 5. The number of hydrogen-bond acceptors (Lipinski definition) is 5. The molecule has 1 unspecified atom stereocenters. The fourth-order valence-corrected chi connectivity index (χ4v) is 2.20. The average Bonchev–Trinajstić information content (AvgIpc) is 2.61. The summed E-state index contributed by atoms with van der Waals surface area (Å²) in [4.78, 5) is 4.42. The predicted octanol–water partition coefficient (Wildman–Crippen LogP) is 2.65. The van der Waals surface area contributed by atoms with Gasteiger partial charge in [-0.15, -0.1) is 0 Å². The van der Waals surface area contributed by atoms with Crippen molar-refractivity contribution in [2.45, 2.75) is 52.6 Å². The van der Waals surface area contributed by atoms with Crippen LogP contribution in [0.25, 0.3) is 0 Å². The second-order valence-corrected chi connectivity index (χ2v) is 6.59. The van der Waals surface area contributed by atoms with Crippen LogP contribution < -0.4 is 5.32 Å². The van der Waals surface area contributed by atoms with E-state index in [1.54, 1.807) is 0 Å². The largest absolute Gasteiger partial charge is 0.391 e. The number of aromatic nitrogens is 2. The molecule has 0 aliphatic carbocycles. The van der Waals surface area contributed by atoms with Crippen LogP contribution >= 0.6 is 11.5 Å². The standard InChI is InChI=1S/C12H23N3OS/c1-8(2)6-9(16)7-13-11-14-10(15-17-11)12(3,4)5/h8-9,16H,6-7H2,1-5H3,(H,13,14,15). The highest BCUT2D eigenvalue weighted by molar-refractivity contribution is 7.09. The summed E-state index contributed by atoms with van der Waals surface area (Å²) in [5.41, 5.74) is -0.0209. The van der Waals surface area contributed by atoms with Crippen molar-refractivity contribution in [2.24, 2.45) is 5.92 Å². The zero-order valence-electron chi connectivity index (χ0n) is 11.3. The first-order chi connectivity index (χ1) is 7.79. The molecule has 0 amide bonds. The number of aliphatic hydroxyl groups excluding tert-OH is 1. The van der Waals surface area contributed by atoms with Crippen LogP contribution in [0, 0.1) is 5.92 Å². The van der Waals surface area contributed by atoms with Gasteiger partial charge in [-0.25, -0.2) is 4.98 Å². The topological polar surface area (TPSA) is 58.0 Å². The molecule has 0 saturated carbocycles. The van der Waals surface area contributed by atoms with Gasteiger partial charge in [0.05, 0.1) is 6.10 Å². The van der Waals surface area contributed by atoms with E-state index < -0.39 is 0 Å². The van der Waals surface area contributed by atoms with Crippen molar-refractivity contribution < 1.29 is 5.11 Å². The molecule has 0 aliphatic rings. The van der Waals surface area contributed by atoms with Crippen LogP contribution in [0.1, 0.15) is 46.9 Å². The van der Waals surface area contributed by atoms with Crippen molar-refractivity contribution >= 4 is 16.7 Å². The van der Waals surface area contributed by atoms with E-state index in [0.717, 1.165) is 17.4 Å². The monoisotopic (exact) mass is 257 g/mol. The highest BCUT2D eigenvalue weighted by Gasteiger charge is 2.19. The Morgan fingerprint density at radius 3 is 2.47 bits per heavy atom. The highest BCUT2D eigenvalue weighted by Crippen LogP contribution is 2.22. The molecule has 4 nitrogen and oxygen atoms in total. The second kappa shape index (κ2) is 5.78. The summed E-state index contributed by atoms with van der Waals surface area (Å²) in [6.07, 6.45) is 0.481. The third-order valence-electron chi connectivity index (χ3n) is 2.33. The molecule has 0 aromatic carbocycles. The fourth-order valence-electron chi connectivity index (χ4n) is 1.43. The molecule has 0 saturated heterocycles. The summed E-state index contributed by atoms with van der Waals surface area (Å²) in [6, 6.07) is 0. The maximum atomic E-state index is 9.74. The van der Waals surface area contributed by atoms with Crippen LogP contribution in [0.5, 0.6) is 0 Å². The summed E-state index contributed by atoms with van der Waals surface area (Å²) in [5.74, 6) is 1.36. The Morgan fingerprint density at radius 2 is 2.00 bits per heavy atom. The molecule has 0 fully saturated rings. The lowest BCUT2D eigenvalue weighted by Gasteiger charge is -2.13. The predicted molar refractivity (Wildman–Crippen MR) is 72.6 cm³/mol. The first-order valence-corrected chi connectivity index (χ1v) is 6.82. The summed E-state index contributed by atoms with van der Waals surface area (Å²) in [5, 5.41) is 13.7. The van der Waals surface area contributed by atoms with Gasteiger partial charge in [0.1, 0.15) is 5.82 Å². The average molecular weight is 257 g/mol. The molecule has 2 N–H and O–H groups in total. The Kier molecular flexibility index (Phi) is 4.89. The normalized spacial score (nSPS) is 14.1. The van der Waals surface area contributed by atoms with Crippen LogP contribution in [0.2, 0.25) is 0 Å². The summed E-state index contributed by atoms with van der Waals surface area (Å²) in [7, 11) is 0. The second-order valence-electron chi connectivity index (χ2n) is 5.84. The fraction of sp³-hybridized carbons (Fsp3) is 0.833. The maximum absolute atomic E-state index is 9.74. The van der Waals surface area contributed by atoms with Gasteiger partial charge in [0, 0.05) is 23.5 Å². The lowest BCUT2D eigenvalue weighted by molar-refractivity contribution is 0.161. The number of hydrogen-bond donors (Lipinski definition) is 2. The Morgan fingerprint density at radius 1 is 1.35 bits per heavy atom. The summed E-state index contributed by atoms with van der Waals surface area (Å²) >= 11 is 1.35. The minimum absolute atomic E-state index is 0.0209. The van der Waals surface area contributed by atoms with Gasteiger partial charge in [-0.05, 0) is 12.3 Å². The van der Waals surface area contributed by atoms with Gasteiger partial charge >= 0.3 is 0 Å². The van der Waals surface area contributed by atoms with Crippen LogP contribution in [-0.2, 0) is 5.41 Å². The number of anilines is 1. The Labute approximate surface area is 108 Å². The van der Waals surface area contributed by atoms with Crippen molar-refractivity contribution in [1.82, 2.24) is 9.36 Å². The van der Waals surface area contributed by atoms with E-state index in [0.29, 0.717) is 12.5 Å². The quantitative estimate of drug-likeness (QED) is 0.851. The Balaban J connectivity index is 2.45. The van der Waals surface area contributed by atoms with E-state index >= 15 is 0 Å². The first kappa shape index (κ1) is 14.4. The van der Waals surface area contributed by atoms with E-state index in [9.17, 15) is 5.11 Å². The van der Waals surface area contributed by atoms with Crippen LogP contribution in [0.15, 0.2) is 0 Å². The van der Waals surface area contributed by atoms with E-state index in [1.165, 1.54) is 11.5 Å². The number of aliphatic hydroxyl groups is 1. The summed E-state index contributed by atoms with van der Waals surface area (Å²) in [6.45, 7) is 11.0. The smallest absolute Gasteiger partial charge is 0.202 e. The third-order valence-corrected chi connectivity index (χ3v) is 3.00. The van der Waals surface area contributed by atoms with Gasteiger partial charge in [0.25, 0.3) is 0 Å². The van der Waals surface area contributed by atoms with E-state index in [1.807, 2.05) is 0 Å². The van der Waals surface area contributed by atoms with Gasteiger partial charge in [-0.3, -0.25) is 0 Å². The molecule has 1 atom stereocenters. The van der Waals surface area contributed by atoms with E-state index in [4.69, 9.17) is 0 Å². The minimum Gasteiger partial charge on any atom is -0.391 e. The summed E-state index contributed by atoms with van der Waals surface area (Å²) < 4.78 is 4.31. The van der Waals surface area contributed by atoms with Crippen molar-refractivity contribution in [3.63, 3.8) is 0 Å². The Hall–Kier alpha value is -0.680. The van der Waals surface area contributed by atoms with Gasteiger partial charge < -0.3 is 10.4 Å². The van der Waals surface area contributed by atoms with Gasteiger partial charge in [-0.1, -0.05) is 34.6 Å². The van der Waals surface area contributed by atoms with Crippen molar-refractivity contribution in [3.05, 3.63) is 5.82 Å². The molecule has 5 heteroatoms. The van der Waals surface area contributed by atoms with E-state index in [-0.39, 0.29) is 11.5 Å². The zero-order chi connectivity index (χ0) is 13.1. The molecule has 1 heterocycles. The molecule has 0 aliphatic heterocycles. The molecular weight excluding hydrogens is 234 g/mol. The van der Waals surface area contributed by atoms with Gasteiger partial charge in [-0.2, -0.15) is 4.37 Å². The highest BCUT2D eigenvalue weighted by atomic mass is 32.1. The number of nitrogens with one attached hydrogen (secondary N) is 1. The lowest BCUT2D eigenvalue weighted by Crippen LogP contribution is -2.21. The van der Waals surface area contributed by atoms with Crippen LogP contribution in [0.4, 0.5) is 5.13 Å². The van der Waals surface area contributed by atoms with E-state index in [2.05, 4.69) is 49.3 Å². The maximum Gasteiger partial charge on any atom is 0.202 e. The molecule has 98 valence electrons. The minimum atomic E-state index is -0.322. The SMILES string of the molecule is CC(C)CC(O)CNc1nc(C(C)(C)C)ns1. The van der Waals surface area contributed by atoms with Crippen molar-refractivity contribution in [3.8, 4) is 0 Å². The molecule has 1 aromatic rings. The molecule has 0 radical (unpaired) electrons. The van der Waals surface area contributed by atoms with Crippen LogP contribution in [-0.4, -0.2) is 27.1 Å². The molecule has 1 aromatic heterocycles.